The maximum atomic E-state index is 12.2. The molecule has 0 atom stereocenters. The van der Waals surface area contributed by atoms with Crippen molar-refractivity contribution in [2.75, 3.05) is 5.73 Å². The van der Waals surface area contributed by atoms with E-state index in [0.717, 1.165) is 16.6 Å². The molecule has 1 amide bonds. The van der Waals surface area contributed by atoms with E-state index in [4.69, 9.17) is 5.73 Å². The molecular formula is C14H15N5O. The van der Waals surface area contributed by atoms with Gasteiger partial charge in [0.15, 0.2) is 0 Å². The maximum absolute atomic E-state index is 12.2. The highest BCUT2D eigenvalue weighted by Crippen LogP contribution is 2.20. The molecule has 1 aromatic carbocycles. The molecule has 0 spiro atoms. The summed E-state index contributed by atoms with van der Waals surface area (Å²) >= 11 is 0. The summed E-state index contributed by atoms with van der Waals surface area (Å²) in [6.45, 7) is 0.441. The number of hydrogen-bond donors (Lipinski definition) is 3. The number of rotatable bonds is 3. The Morgan fingerprint density at radius 3 is 3.05 bits per heavy atom. The van der Waals surface area contributed by atoms with Crippen LogP contribution in [-0.4, -0.2) is 20.7 Å². The Labute approximate surface area is 115 Å². The molecule has 2 heterocycles. The number of H-pyrrole nitrogens is 1. The van der Waals surface area contributed by atoms with Crippen LogP contribution in [0.4, 0.5) is 5.69 Å². The Morgan fingerprint density at radius 1 is 1.45 bits per heavy atom. The van der Waals surface area contributed by atoms with Crippen LogP contribution in [-0.2, 0) is 13.6 Å². The quantitative estimate of drug-likeness (QED) is 0.628. The summed E-state index contributed by atoms with van der Waals surface area (Å²) in [6.07, 6.45) is 3.40. The van der Waals surface area contributed by atoms with Crippen LogP contribution in [0.3, 0.4) is 0 Å². The Kier molecular flexibility index (Phi) is 2.90. The number of carbonyl (C=O) groups excluding carboxylic acids is 1. The second-order valence-corrected chi connectivity index (χ2v) is 4.64. The summed E-state index contributed by atoms with van der Waals surface area (Å²) < 4.78 is 1.73. The molecule has 6 nitrogen and oxygen atoms in total. The number of fused-ring (bicyclic) bond motifs is 1. The minimum absolute atomic E-state index is 0.123. The van der Waals surface area contributed by atoms with Gasteiger partial charge in [-0.3, -0.25) is 9.48 Å². The van der Waals surface area contributed by atoms with Crippen molar-refractivity contribution in [1.29, 1.82) is 0 Å². The summed E-state index contributed by atoms with van der Waals surface area (Å²) in [7, 11) is 1.84. The van der Waals surface area contributed by atoms with E-state index in [0.29, 0.717) is 17.8 Å². The molecule has 6 heteroatoms. The largest absolute Gasteiger partial charge is 0.399 e. The molecular weight excluding hydrogens is 254 g/mol. The summed E-state index contributed by atoms with van der Waals surface area (Å²) in [5.74, 6) is -0.123. The zero-order valence-corrected chi connectivity index (χ0v) is 11.1. The summed E-state index contributed by atoms with van der Waals surface area (Å²) in [6, 6.07) is 7.32. The monoisotopic (exact) mass is 269 g/mol. The molecule has 0 radical (unpaired) electrons. The van der Waals surface area contributed by atoms with Crippen LogP contribution in [0.15, 0.2) is 36.7 Å². The Morgan fingerprint density at radius 2 is 2.30 bits per heavy atom. The molecule has 20 heavy (non-hydrogen) atoms. The second kappa shape index (κ2) is 4.73. The van der Waals surface area contributed by atoms with Crippen molar-refractivity contribution in [2.24, 2.45) is 7.05 Å². The number of anilines is 1. The standard InChI is InChI=1S/C14H15N5O/c1-19-10(4-5-18-19)7-17-14(20)12-8-16-13-6-9(15)2-3-11(12)13/h2-6,8,16H,7,15H2,1H3,(H,17,20). The molecule has 4 N–H and O–H groups in total. The average molecular weight is 269 g/mol. The zero-order chi connectivity index (χ0) is 14.1. The van der Waals surface area contributed by atoms with Crippen LogP contribution in [0.2, 0.25) is 0 Å². The van der Waals surface area contributed by atoms with Gasteiger partial charge >= 0.3 is 0 Å². The number of nitrogens with zero attached hydrogens (tertiary/aromatic N) is 2. The molecule has 0 aliphatic rings. The van der Waals surface area contributed by atoms with Crippen molar-refractivity contribution in [1.82, 2.24) is 20.1 Å². The van der Waals surface area contributed by atoms with Crippen LogP contribution in [0, 0.1) is 0 Å². The molecule has 2 aromatic heterocycles. The van der Waals surface area contributed by atoms with Crippen molar-refractivity contribution < 1.29 is 4.79 Å². The number of carbonyl (C=O) groups is 1. The fourth-order valence-electron chi connectivity index (χ4n) is 2.17. The van der Waals surface area contributed by atoms with Gasteiger partial charge in [0.25, 0.3) is 5.91 Å². The summed E-state index contributed by atoms with van der Waals surface area (Å²) in [4.78, 5) is 15.3. The van der Waals surface area contributed by atoms with E-state index in [2.05, 4.69) is 15.4 Å². The fraction of sp³-hybridized carbons (Fsp3) is 0.143. The number of amides is 1. The number of benzene rings is 1. The van der Waals surface area contributed by atoms with E-state index >= 15 is 0 Å². The van der Waals surface area contributed by atoms with Gasteiger partial charge in [0.05, 0.1) is 17.8 Å². The number of nitrogens with two attached hydrogens (primary N) is 1. The maximum Gasteiger partial charge on any atom is 0.253 e. The van der Waals surface area contributed by atoms with Crippen LogP contribution >= 0.6 is 0 Å². The van der Waals surface area contributed by atoms with Crippen molar-refractivity contribution in [3.8, 4) is 0 Å². The van der Waals surface area contributed by atoms with Crippen LogP contribution in [0.25, 0.3) is 10.9 Å². The smallest absolute Gasteiger partial charge is 0.253 e. The number of aromatic nitrogens is 3. The highest BCUT2D eigenvalue weighted by molar-refractivity contribution is 6.07. The first-order valence-corrected chi connectivity index (χ1v) is 6.27. The Hall–Kier alpha value is -2.76. The van der Waals surface area contributed by atoms with Crippen molar-refractivity contribution >= 4 is 22.5 Å². The minimum atomic E-state index is -0.123. The molecule has 0 aliphatic heterocycles. The predicted molar refractivity (Wildman–Crippen MR) is 77.1 cm³/mol. The second-order valence-electron chi connectivity index (χ2n) is 4.64. The Balaban J connectivity index is 1.81. The average Bonchev–Trinajstić information content (AvgIpc) is 3.02. The van der Waals surface area contributed by atoms with E-state index in [1.54, 1.807) is 23.1 Å². The van der Waals surface area contributed by atoms with E-state index in [-0.39, 0.29) is 5.91 Å². The third-order valence-corrected chi connectivity index (χ3v) is 3.30. The molecule has 102 valence electrons. The van der Waals surface area contributed by atoms with E-state index in [1.165, 1.54) is 0 Å². The molecule has 0 aliphatic carbocycles. The van der Waals surface area contributed by atoms with Gasteiger partial charge in [-0.2, -0.15) is 5.10 Å². The number of nitrogen functional groups attached to an aromatic ring is 1. The van der Waals surface area contributed by atoms with Gasteiger partial charge in [0, 0.05) is 36.0 Å². The first-order valence-electron chi connectivity index (χ1n) is 6.27. The van der Waals surface area contributed by atoms with Gasteiger partial charge in [-0.15, -0.1) is 0 Å². The van der Waals surface area contributed by atoms with Crippen LogP contribution in [0.1, 0.15) is 16.1 Å². The third kappa shape index (κ3) is 2.11. The van der Waals surface area contributed by atoms with Gasteiger partial charge in [-0.05, 0) is 24.3 Å². The number of aryl methyl sites for hydroxylation is 1. The molecule has 0 unspecified atom stereocenters. The van der Waals surface area contributed by atoms with Gasteiger partial charge in [-0.1, -0.05) is 0 Å². The van der Waals surface area contributed by atoms with Gasteiger partial charge in [0.1, 0.15) is 0 Å². The zero-order valence-electron chi connectivity index (χ0n) is 11.1. The SMILES string of the molecule is Cn1nccc1CNC(=O)c1c[nH]c2cc(N)ccc12. The predicted octanol–water partition coefficient (Wildman–Crippen LogP) is 1.41. The molecule has 3 rings (SSSR count). The fourth-order valence-corrected chi connectivity index (χ4v) is 2.17. The first kappa shape index (κ1) is 12.3. The highest BCUT2D eigenvalue weighted by atomic mass is 16.1. The molecule has 0 saturated heterocycles. The highest BCUT2D eigenvalue weighted by Gasteiger charge is 2.12. The molecule has 0 bridgehead atoms. The lowest BCUT2D eigenvalue weighted by atomic mass is 10.1. The van der Waals surface area contributed by atoms with Crippen molar-refractivity contribution in [2.45, 2.75) is 6.54 Å². The minimum Gasteiger partial charge on any atom is -0.399 e. The first-order chi connectivity index (χ1) is 9.65. The number of hydrogen-bond acceptors (Lipinski definition) is 3. The van der Waals surface area contributed by atoms with Crippen LogP contribution < -0.4 is 11.1 Å². The summed E-state index contributed by atoms with van der Waals surface area (Å²) in [5.41, 5.74) is 8.80. The third-order valence-electron chi connectivity index (χ3n) is 3.30. The van der Waals surface area contributed by atoms with Gasteiger partial charge in [0.2, 0.25) is 0 Å². The van der Waals surface area contributed by atoms with Gasteiger partial charge < -0.3 is 16.0 Å². The lowest BCUT2D eigenvalue weighted by molar-refractivity contribution is 0.0951. The molecule has 0 fully saturated rings. The topological polar surface area (TPSA) is 88.7 Å². The normalized spacial score (nSPS) is 10.8. The van der Waals surface area contributed by atoms with Crippen LogP contribution in [0.5, 0.6) is 0 Å². The number of nitrogens with one attached hydrogen (secondary N) is 2. The van der Waals surface area contributed by atoms with E-state index in [9.17, 15) is 4.79 Å². The summed E-state index contributed by atoms with van der Waals surface area (Å²) in [5, 5.41) is 7.81. The molecule has 3 aromatic rings. The molecule has 0 saturated carbocycles. The lowest BCUT2D eigenvalue weighted by Gasteiger charge is -2.05. The van der Waals surface area contributed by atoms with E-state index in [1.807, 2.05) is 25.2 Å². The van der Waals surface area contributed by atoms with Crippen molar-refractivity contribution in [3.63, 3.8) is 0 Å². The lowest BCUT2D eigenvalue weighted by Crippen LogP contribution is -2.23. The van der Waals surface area contributed by atoms with Crippen molar-refractivity contribution in [3.05, 3.63) is 47.9 Å². The number of aromatic amines is 1. The van der Waals surface area contributed by atoms with Gasteiger partial charge in [-0.25, -0.2) is 0 Å². The van der Waals surface area contributed by atoms with E-state index < -0.39 is 0 Å². The Bertz CT molecular complexity index is 771.